The second-order valence-corrected chi connectivity index (χ2v) is 6.27. The molecule has 3 heterocycles. The highest BCUT2D eigenvalue weighted by molar-refractivity contribution is 5.80. The lowest BCUT2D eigenvalue weighted by Crippen LogP contribution is -2.40. The minimum atomic E-state index is 0.0715. The standard InChI is InChI=1S/C18H20N4O/c23-18(22-10-5-14-3-1-2-4-15(14)12-22)16-6-9-21(13-16)17-11-19-7-8-20-17/h1-4,7-8,11,16H,5-6,9-10,12-13H2. The van der Waals surface area contributed by atoms with E-state index in [1.54, 1.807) is 18.6 Å². The van der Waals surface area contributed by atoms with Gasteiger partial charge in [0.25, 0.3) is 0 Å². The van der Waals surface area contributed by atoms with Crippen molar-refractivity contribution in [2.45, 2.75) is 19.4 Å². The third-order valence-corrected chi connectivity index (χ3v) is 4.85. The summed E-state index contributed by atoms with van der Waals surface area (Å²) >= 11 is 0. The first kappa shape index (κ1) is 14.2. The first-order chi connectivity index (χ1) is 11.3. The molecule has 23 heavy (non-hydrogen) atoms. The first-order valence-electron chi connectivity index (χ1n) is 8.18. The third-order valence-electron chi connectivity index (χ3n) is 4.85. The van der Waals surface area contributed by atoms with Crippen molar-refractivity contribution in [1.82, 2.24) is 14.9 Å². The van der Waals surface area contributed by atoms with Gasteiger partial charge in [0.2, 0.25) is 5.91 Å². The van der Waals surface area contributed by atoms with Crippen molar-refractivity contribution in [3.63, 3.8) is 0 Å². The molecular formula is C18H20N4O. The summed E-state index contributed by atoms with van der Waals surface area (Å²) in [6, 6.07) is 8.43. The molecule has 4 rings (SSSR count). The largest absolute Gasteiger partial charge is 0.355 e. The van der Waals surface area contributed by atoms with E-state index >= 15 is 0 Å². The Kier molecular flexibility index (Phi) is 3.69. The number of benzene rings is 1. The number of amides is 1. The van der Waals surface area contributed by atoms with Crippen molar-refractivity contribution >= 4 is 11.7 Å². The molecule has 1 aromatic carbocycles. The SMILES string of the molecule is O=C(C1CCN(c2cnccn2)C1)N1CCc2ccccc2C1. The maximum absolute atomic E-state index is 12.9. The van der Waals surface area contributed by atoms with Gasteiger partial charge in [0.05, 0.1) is 12.1 Å². The number of aromatic nitrogens is 2. The molecule has 2 aliphatic rings. The van der Waals surface area contributed by atoms with Gasteiger partial charge in [0.15, 0.2) is 0 Å². The van der Waals surface area contributed by atoms with Gasteiger partial charge in [0.1, 0.15) is 5.82 Å². The summed E-state index contributed by atoms with van der Waals surface area (Å²) in [6.45, 7) is 3.20. The molecule has 5 nitrogen and oxygen atoms in total. The Hall–Kier alpha value is -2.43. The van der Waals surface area contributed by atoms with Crippen molar-refractivity contribution in [1.29, 1.82) is 0 Å². The van der Waals surface area contributed by atoms with Crippen LogP contribution in [0, 0.1) is 5.92 Å². The van der Waals surface area contributed by atoms with E-state index in [2.05, 4.69) is 39.1 Å². The fourth-order valence-corrected chi connectivity index (χ4v) is 3.57. The Morgan fingerprint density at radius 3 is 2.83 bits per heavy atom. The molecule has 1 atom stereocenters. The number of hydrogen-bond acceptors (Lipinski definition) is 4. The normalized spacial score (nSPS) is 20.4. The molecule has 0 spiro atoms. The number of carbonyl (C=O) groups is 1. The van der Waals surface area contributed by atoms with Crippen LogP contribution in [-0.2, 0) is 17.8 Å². The van der Waals surface area contributed by atoms with Gasteiger partial charge in [-0.25, -0.2) is 4.98 Å². The Morgan fingerprint density at radius 2 is 2.00 bits per heavy atom. The summed E-state index contributed by atoms with van der Waals surface area (Å²) in [7, 11) is 0. The highest BCUT2D eigenvalue weighted by atomic mass is 16.2. The molecule has 5 heteroatoms. The number of fused-ring (bicyclic) bond motifs is 1. The van der Waals surface area contributed by atoms with Crippen LogP contribution in [-0.4, -0.2) is 40.4 Å². The lowest BCUT2D eigenvalue weighted by molar-refractivity contribution is -0.135. The fourth-order valence-electron chi connectivity index (χ4n) is 3.57. The quantitative estimate of drug-likeness (QED) is 0.850. The van der Waals surface area contributed by atoms with Crippen molar-refractivity contribution in [3.05, 3.63) is 54.0 Å². The number of rotatable bonds is 2. The summed E-state index contributed by atoms with van der Waals surface area (Å²) in [5.41, 5.74) is 2.67. The molecule has 1 aromatic heterocycles. The van der Waals surface area contributed by atoms with E-state index in [0.29, 0.717) is 0 Å². The number of hydrogen-bond donors (Lipinski definition) is 0. The van der Waals surface area contributed by atoms with Gasteiger partial charge in [-0.15, -0.1) is 0 Å². The van der Waals surface area contributed by atoms with E-state index in [4.69, 9.17) is 0 Å². The van der Waals surface area contributed by atoms with Crippen LogP contribution in [0.4, 0.5) is 5.82 Å². The fraction of sp³-hybridized carbons (Fsp3) is 0.389. The van der Waals surface area contributed by atoms with Crippen LogP contribution in [0.3, 0.4) is 0 Å². The van der Waals surface area contributed by atoms with Gasteiger partial charge in [0, 0.05) is 38.6 Å². The van der Waals surface area contributed by atoms with Crippen molar-refractivity contribution in [2.24, 2.45) is 5.92 Å². The molecule has 0 bridgehead atoms. The summed E-state index contributed by atoms with van der Waals surface area (Å²) < 4.78 is 0. The first-order valence-corrected chi connectivity index (χ1v) is 8.18. The van der Waals surface area contributed by atoms with Crippen molar-refractivity contribution in [3.8, 4) is 0 Å². The predicted octanol–water partition coefficient (Wildman–Crippen LogP) is 1.89. The van der Waals surface area contributed by atoms with Gasteiger partial charge < -0.3 is 9.80 Å². The molecule has 0 N–H and O–H groups in total. The lowest BCUT2D eigenvalue weighted by atomic mass is 9.98. The minimum absolute atomic E-state index is 0.0715. The Morgan fingerprint density at radius 1 is 1.13 bits per heavy atom. The Bertz CT molecular complexity index is 703. The van der Waals surface area contributed by atoms with E-state index < -0.39 is 0 Å². The highest BCUT2D eigenvalue weighted by Gasteiger charge is 2.33. The van der Waals surface area contributed by atoms with Crippen LogP contribution in [0.1, 0.15) is 17.5 Å². The van der Waals surface area contributed by atoms with Crippen molar-refractivity contribution in [2.75, 3.05) is 24.5 Å². The van der Waals surface area contributed by atoms with E-state index in [1.165, 1.54) is 11.1 Å². The second kappa shape index (κ2) is 5.99. The molecule has 2 aromatic rings. The monoisotopic (exact) mass is 308 g/mol. The lowest BCUT2D eigenvalue weighted by Gasteiger charge is -2.31. The maximum Gasteiger partial charge on any atom is 0.227 e. The molecule has 0 aliphatic carbocycles. The summed E-state index contributed by atoms with van der Waals surface area (Å²) in [6.07, 6.45) is 7.00. The average Bonchev–Trinajstić information content (AvgIpc) is 3.11. The van der Waals surface area contributed by atoms with Crippen LogP contribution < -0.4 is 4.90 Å². The predicted molar refractivity (Wildman–Crippen MR) is 87.9 cm³/mol. The number of carbonyl (C=O) groups excluding carboxylic acids is 1. The smallest absolute Gasteiger partial charge is 0.227 e. The highest BCUT2D eigenvalue weighted by Crippen LogP contribution is 2.26. The van der Waals surface area contributed by atoms with Gasteiger partial charge in [-0.3, -0.25) is 9.78 Å². The average molecular weight is 308 g/mol. The van der Waals surface area contributed by atoms with Gasteiger partial charge >= 0.3 is 0 Å². The van der Waals surface area contributed by atoms with Gasteiger partial charge in [-0.05, 0) is 24.0 Å². The Balaban J connectivity index is 1.43. The topological polar surface area (TPSA) is 49.3 Å². The van der Waals surface area contributed by atoms with E-state index in [0.717, 1.165) is 44.8 Å². The van der Waals surface area contributed by atoms with Crippen LogP contribution in [0.15, 0.2) is 42.9 Å². The molecule has 0 saturated carbocycles. The maximum atomic E-state index is 12.9. The van der Waals surface area contributed by atoms with Crippen LogP contribution >= 0.6 is 0 Å². The molecule has 1 fully saturated rings. The molecule has 1 saturated heterocycles. The number of anilines is 1. The summed E-state index contributed by atoms with van der Waals surface area (Å²) in [5, 5.41) is 0. The molecular weight excluding hydrogens is 288 g/mol. The van der Waals surface area contributed by atoms with Crippen LogP contribution in [0.25, 0.3) is 0 Å². The third kappa shape index (κ3) is 2.79. The van der Waals surface area contributed by atoms with Crippen LogP contribution in [0.2, 0.25) is 0 Å². The molecule has 118 valence electrons. The summed E-state index contributed by atoms with van der Waals surface area (Å²) in [5.74, 6) is 1.22. The zero-order valence-electron chi connectivity index (χ0n) is 13.1. The van der Waals surface area contributed by atoms with Gasteiger partial charge in [-0.2, -0.15) is 0 Å². The van der Waals surface area contributed by atoms with Crippen LogP contribution in [0.5, 0.6) is 0 Å². The van der Waals surface area contributed by atoms with Crippen molar-refractivity contribution < 1.29 is 4.79 Å². The van der Waals surface area contributed by atoms with E-state index in [9.17, 15) is 4.79 Å². The van der Waals surface area contributed by atoms with E-state index in [-0.39, 0.29) is 11.8 Å². The van der Waals surface area contributed by atoms with Gasteiger partial charge in [-0.1, -0.05) is 24.3 Å². The second-order valence-electron chi connectivity index (χ2n) is 6.27. The number of nitrogens with zero attached hydrogens (tertiary/aromatic N) is 4. The minimum Gasteiger partial charge on any atom is -0.355 e. The molecule has 1 amide bonds. The molecule has 1 unspecified atom stereocenters. The zero-order chi connectivity index (χ0) is 15.6. The molecule has 2 aliphatic heterocycles. The zero-order valence-corrected chi connectivity index (χ0v) is 13.1. The van der Waals surface area contributed by atoms with E-state index in [1.807, 2.05) is 4.90 Å². The Labute approximate surface area is 136 Å². The molecule has 0 radical (unpaired) electrons. The summed E-state index contributed by atoms with van der Waals surface area (Å²) in [4.78, 5) is 25.5.